The van der Waals surface area contributed by atoms with Gasteiger partial charge >= 0.3 is 4.87 Å². The van der Waals surface area contributed by atoms with Crippen LogP contribution in [-0.4, -0.2) is 13.0 Å². The molecule has 0 aliphatic carbocycles. The van der Waals surface area contributed by atoms with Crippen LogP contribution in [0.2, 0.25) is 0 Å². The summed E-state index contributed by atoms with van der Waals surface area (Å²) in [4.78, 5) is 10.9. The summed E-state index contributed by atoms with van der Waals surface area (Å²) in [7, 11) is -4.23. The van der Waals surface area contributed by atoms with Crippen molar-refractivity contribution in [3.05, 3.63) is 68.9 Å². The Balaban J connectivity index is 2.19. The highest BCUT2D eigenvalue weighted by atomic mass is 32.2. The fourth-order valence-electron chi connectivity index (χ4n) is 2.27. The molecule has 130 valence electrons. The van der Waals surface area contributed by atoms with E-state index in [1.54, 1.807) is 0 Å². The molecule has 25 heavy (non-hydrogen) atoms. The summed E-state index contributed by atoms with van der Waals surface area (Å²) in [5.74, 6) is -3.30. The maximum absolute atomic E-state index is 14.0. The van der Waals surface area contributed by atoms with Gasteiger partial charge in [-0.3, -0.25) is 9.36 Å². The highest BCUT2D eigenvalue weighted by Gasteiger charge is 2.18. The van der Waals surface area contributed by atoms with Gasteiger partial charge in [-0.2, -0.15) is 0 Å². The third-order valence-corrected chi connectivity index (χ3v) is 5.06. The van der Waals surface area contributed by atoms with Crippen molar-refractivity contribution in [1.82, 2.24) is 4.57 Å². The third-order valence-electron chi connectivity index (χ3n) is 3.39. The summed E-state index contributed by atoms with van der Waals surface area (Å²) in [5.41, 5.74) is 0.421. The molecule has 0 fully saturated rings. The second kappa shape index (κ2) is 6.14. The Morgan fingerprint density at radius 2 is 1.68 bits per heavy atom. The van der Waals surface area contributed by atoms with Gasteiger partial charge in [0.05, 0.1) is 11.4 Å². The molecular weight excluding hydrogens is 377 g/mol. The van der Waals surface area contributed by atoms with E-state index in [0.717, 1.165) is 40.2 Å². The number of nitrogens with two attached hydrogens (primary N) is 1. The van der Waals surface area contributed by atoms with E-state index < -0.39 is 37.2 Å². The van der Waals surface area contributed by atoms with Crippen molar-refractivity contribution >= 4 is 21.4 Å². The van der Waals surface area contributed by atoms with E-state index in [-0.39, 0.29) is 16.9 Å². The SMILES string of the molecule is NS(=O)(=O)c1ccc(-c2csc(=O)n2-c2ccc(F)c(F)c2)cc1F. The van der Waals surface area contributed by atoms with E-state index in [2.05, 4.69) is 0 Å². The fourth-order valence-corrected chi connectivity index (χ4v) is 3.62. The zero-order chi connectivity index (χ0) is 18.4. The second-order valence-corrected chi connectivity index (χ2v) is 7.36. The van der Waals surface area contributed by atoms with Crippen LogP contribution in [0, 0.1) is 17.5 Å². The second-order valence-electron chi connectivity index (χ2n) is 5.01. The molecular formula is C15H9F3N2O3S2. The van der Waals surface area contributed by atoms with E-state index in [4.69, 9.17) is 5.14 Å². The normalized spacial score (nSPS) is 11.7. The Kier molecular flexibility index (Phi) is 4.27. The largest absolute Gasteiger partial charge is 0.312 e. The highest BCUT2D eigenvalue weighted by molar-refractivity contribution is 7.89. The van der Waals surface area contributed by atoms with Crippen molar-refractivity contribution in [2.24, 2.45) is 5.14 Å². The van der Waals surface area contributed by atoms with Crippen LogP contribution in [0.5, 0.6) is 0 Å². The number of halogens is 3. The first-order chi connectivity index (χ1) is 11.7. The number of hydrogen-bond donors (Lipinski definition) is 1. The van der Waals surface area contributed by atoms with Gasteiger partial charge in [0.1, 0.15) is 10.7 Å². The van der Waals surface area contributed by atoms with Gasteiger partial charge in [0.2, 0.25) is 10.0 Å². The van der Waals surface area contributed by atoms with E-state index in [1.165, 1.54) is 17.5 Å². The Labute approximate surface area is 143 Å². The lowest BCUT2D eigenvalue weighted by Crippen LogP contribution is -2.14. The first-order valence-corrected chi connectivity index (χ1v) is 9.10. The molecule has 3 aromatic rings. The predicted octanol–water partition coefficient (Wildman–Crippen LogP) is 2.63. The summed E-state index contributed by atoms with van der Waals surface area (Å²) in [6.07, 6.45) is 0. The summed E-state index contributed by atoms with van der Waals surface area (Å²) in [6, 6.07) is 6.03. The van der Waals surface area contributed by atoms with E-state index in [1.807, 2.05) is 0 Å². The number of aromatic nitrogens is 1. The van der Waals surface area contributed by atoms with Crippen molar-refractivity contribution in [3.8, 4) is 16.9 Å². The van der Waals surface area contributed by atoms with Gasteiger partial charge in [0.15, 0.2) is 11.6 Å². The minimum Gasteiger partial charge on any atom is -0.267 e. The lowest BCUT2D eigenvalue weighted by Gasteiger charge is -2.09. The zero-order valence-electron chi connectivity index (χ0n) is 12.2. The van der Waals surface area contributed by atoms with Gasteiger partial charge in [0, 0.05) is 17.0 Å². The lowest BCUT2D eigenvalue weighted by molar-refractivity contribution is 0.508. The molecule has 2 aromatic carbocycles. The van der Waals surface area contributed by atoms with Crippen LogP contribution in [0.4, 0.5) is 13.2 Å². The molecule has 0 aliphatic rings. The molecule has 0 aliphatic heterocycles. The van der Waals surface area contributed by atoms with Crippen LogP contribution < -0.4 is 10.0 Å². The average Bonchev–Trinajstić information content (AvgIpc) is 2.90. The van der Waals surface area contributed by atoms with Crippen LogP contribution in [0.1, 0.15) is 0 Å². The van der Waals surface area contributed by atoms with Crippen molar-refractivity contribution < 1.29 is 21.6 Å². The Hall–Kier alpha value is -2.43. The standard InChI is InChI=1S/C15H9F3N2O3S2/c16-10-3-2-9(6-11(10)17)20-13(7-24-15(20)21)8-1-4-14(12(18)5-8)25(19,22)23/h1-7H,(H2,19,22,23). The van der Waals surface area contributed by atoms with Crippen LogP contribution >= 0.6 is 11.3 Å². The monoisotopic (exact) mass is 386 g/mol. The van der Waals surface area contributed by atoms with E-state index in [0.29, 0.717) is 0 Å². The molecule has 0 atom stereocenters. The number of thiazole rings is 1. The number of rotatable bonds is 3. The smallest absolute Gasteiger partial charge is 0.267 e. The van der Waals surface area contributed by atoms with Crippen molar-refractivity contribution in [1.29, 1.82) is 0 Å². The van der Waals surface area contributed by atoms with E-state index >= 15 is 0 Å². The number of sulfonamides is 1. The number of benzene rings is 2. The number of hydrogen-bond acceptors (Lipinski definition) is 4. The fraction of sp³-hybridized carbons (Fsp3) is 0. The predicted molar refractivity (Wildman–Crippen MR) is 86.6 cm³/mol. The van der Waals surface area contributed by atoms with Gasteiger partial charge in [0.25, 0.3) is 0 Å². The molecule has 10 heteroatoms. The molecule has 0 saturated heterocycles. The van der Waals surface area contributed by atoms with Gasteiger partial charge in [-0.1, -0.05) is 17.4 Å². The van der Waals surface area contributed by atoms with Crippen molar-refractivity contribution in [2.45, 2.75) is 4.90 Å². The Bertz CT molecular complexity index is 1140. The number of primary sulfonamides is 1. The van der Waals surface area contributed by atoms with Crippen molar-refractivity contribution in [2.75, 3.05) is 0 Å². The molecule has 0 bridgehead atoms. The highest BCUT2D eigenvalue weighted by Crippen LogP contribution is 2.27. The summed E-state index contributed by atoms with van der Waals surface area (Å²) in [6.45, 7) is 0. The van der Waals surface area contributed by atoms with E-state index in [9.17, 15) is 26.4 Å². The molecule has 5 nitrogen and oxygen atoms in total. The summed E-state index contributed by atoms with van der Waals surface area (Å²) in [5, 5.41) is 6.30. The van der Waals surface area contributed by atoms with Crippen LogP contribution in [0.25, 0.3) is 16.9 Å². The van der Waals surface area contributed by atoms with Crippen LogP contribution in [0.3, 0.4) is 0 Å². The van der Waals surface area contributed by atoms with Gasteiger partial charge < -0.3 is 0 Å². The van der Waals surface area contributed by atoms with Gasteiger partial charge in [-0.05, 0) is 24.3 Å². The maximum Gasteiger partial charge on any atom is 0.312 e. The molecule has 0 unspecified atom stereocenters. The zero-order valence-corrected chi connectivity index (χ0v) is 13.9. The molecule has 0 amide bonds. The first kappa shape index (κ1) is 17.4. The minimum absolute atomic E-state index is 0.0519. The van der Waals surface area contributed by atoms with Crippen molar-refractivity contribution in [3.63, 3.8) is 0 Å². The van der Waals surface area contributed by atoms with Gasteiger partial charge in [-0.25, -0.2) is 26.7 Å². The number of nitrogens with zero attached hydrogens (tertiary/aromatic N) is 1. The topological polar surface area (TPSA) is 82.2 Å². The molecule has 0 radical (unpaired) electrons. The first-order valence-electron chi connectivity index (χ1n) is 6.67. The third kappa shape index (κ3) is 3.23. The molecule has 1 aromatic heterocycles. The summed E-state index contributed by atoms with van der Waals surface area (Å²) >= 11 is 0.772. The minimum atomic E-state index is -4.23. The molecule has 2 N–H and O–H groups in total. The van der Waals surface area contributed by atoms with Crippen LogP contribution in [-0.2, 0) is 10.0 Å². The molecule has 0 spiro atoms. The molecule has 1 heterocycles. The molecule has 3 rings (SSSR count). The maximum atomic E-state index is 14.0. The lowest BCUT2D eigenvalue weighted by atomic mass is 10.1. The molecule has 0 saturated carbocycles. The Morgan fingerprint density at radius 3 is 2.28 bits per heavy atom. The van der Waals surface area contributed by atoms with Gasteiger partial charge in [-0.15, -0.1) is 0 Å². The van der Waals surface area contributed by atoms with Crippen LogP contribution in [0.15, 0.2) is 51.5 Å². The summed E-state index contributed by atoms with van der Waals surface area (Å²) < 4.78 is 64.2. The Morgan fingerprint density at radius 1 is 0.960 bits per heavy atom. The quantitative estimate of drug-likeness (QED) is 0.751. The average molecular weight is 386 g/mol.